The Morgan fingerprint density at radius 1 is 1.08 bits per heavy atom. The molecule has 1 heterocycles. The highest BCUT2D eigenvalue weighted by Gasteiger charge is 2.54. The van der Waals surface area contributed by atoms with Gasteiger partial charge in [-0.3, -0.25) is 0 Å². The number of hydrogen-bond donors (Lipinski definition) is 0. The molecule has 76 valence electrons. The zero-order valence-corrected chi connectivity index (χ0v) is 8.98. The van der Waals surface area contributed by atoms with Crippen molar-refractivity contribution in [3.05, 3.63) is 0 Å². The molecule has 1 rings (SSSR count). The summed E-state index contributed by atoms with van der Waals surface area (Å²) >= 11 is 0. The molecule has 9 heteroatoms. The second-order valence-electron chi connectivity index (χ2n) is 3.07. The van der Waals surface area contributed by atoms with Crippen molar-refractivity contribution in [3.63, 3.8) is 0 Å². The van der Waals surface area contributed by atoms with E-state index in [2.05, 4.69) is 8.37 Å². The van der Waals surface area contributed by atoms with Crippen molar-refractivity contribution in [1.29, 1.82) is 0 Å². The maximum atomic E-state index is 11.2. The predicted octanol–water partition coefficient (Wildman–Crippen LogP) is -1.65. The highest BCUT2D eigenvalue weighted by Crippen LogP contribution is 2.32. The molecule has 0 radical (unpaired) electrons. The molecule has 1 fully saturated rings. The molecule has 13 heavy (non-hydrogen) atoms. The molecule has 0 unspecified atom stereocenters. The van der Waals surface area contributed by atoms with Crippen molar-refractivity contribution in [1.82, 2.24) is 0 Å². The summed E-state index contributed by atoms with van der Waals surface area (Å²) in [6.45, 7) is 2.03. The van der Waals surface area contributed by atoms with E-state index in [0.717, 1.165) is 13.8 Å². The Kier molecular flexibility index (Phi) is 2.27. The van der Waals surface area contributed by atoms with Gasteiger partial charge >= 0.3 is 0 Å². The Bertz CT molecular complexity index is 368. The smallest absolute Gasteiger partial charge is 0.246 e. The lowest BCUT2D eigenvalue weighted by Crippen LogP contribution is -2.50. The molecule has 1 saturated heterocycles. The van der Waals surface area contributed by atoms with Crippen LogP contribution in [0.4, 0.5) is 0 Å². The number of hydrogen-bond acceptors (Lipinski definition) is 6. The van der Waals surface area contributed by atoms with E-state index in [0.29, 0.717) is 0 Å². The van der Waals surface area contributed by atoms with Crippen LogP contribution in [-0.4, -0.2) is 35.0 Å². The van der Waals surface area contributed by atoms with Gasteiger partial charge in [0.15, 0.2) is 14.0 Å². The minimum Gasteiger partial charge on any atom is -0.246 e. The lowest BCUT2D eigenvalue weighted by molar-refractivity contribution is 0.0728. The van der Waals surface area contributed by atoms with Gasteiger partial charge in [0.1, 0.15) is 0 Å². The molecule has 0 aromatic carbocycles. The van der Waals surface area contributed by atoms with Crippen LogP contribution in [0.5, 0.6) is 0 Å². The normalized spacial score (nSPS) is 31.2. The SMILES string of the molecule is BC1OS(=O)(=O)C(C)(C)S(=O)(=O)O1. The maximum Gasteiger partial charge on any atom is 0.291 e. The topological polar surface area (TPSA) is 86.7 Å². The molecule has 0 spiro atoms. The van der Waals surface area contributed by atoms with Gasteiger partial charge in [-0.1, -0.05) is 0 Å². The van der Waals surface area contributed by atoms with Crippen molar-refractivity contribution < 1.29 is 25.2 Å². The van der Waals surface area contributed by atoms with Gasteiger partial charge < -0.3 is 0 Å². The molecular formula is C4H9BO6S2. The van der Waals surface area contributed by atoms with Crippen LogP contribution in [0.2, 0.25) is 0 Å². The quantitative estimate of drug-likeness (QED) is 0.364. The van der Waals surface area contributed by atoms with Gasteiger partial charge in [0.2, 0.25) is 4.08 Å². The van der Waals surface area contributed by atoms with E-state index in [9.17, 15) is 16.8 Å². The first-order valence-corrected chi connectivity index (χ1v) is 6.27. The first-order valence-electron chi connectivity index (χ1n) is 3.46. The monoisotopic (exact) mass is 228 g/mol. The Morgan fingerprint density at radius 3 is 1.69 bits per heavy atom. The van der Waals surface area contributed by atoms with E-state index in [1.54, 1.807) is 0 Å². The summed E-state index contributed by atoms with van der Waals surface area (Å²) in [6, 6.07) is 0. The second kappa shape index (κ2) is 2.69. The van der Waals surface area contributed by atoms with E-state index in [1.807, 2.05) is 0 Å². The fourth-order valence-corrected chi connectivity index (χ4v) is 3.27. The van der Waals surface area contributed by atoms with Gasteiger partial charge in [-0.2, -0.15) is 16.8 Å². The fourth-order valence-electron chi connectivity index (χ4n) is 0.730. The largest absolute Gasteiger partial charge is 0.291 e. The standard InChI is InChI=1S/C4H9BO6S2/c1-4(2)12(6,7)10-3(5)11-13(4,8)9/h3H,5H2,1-2H3. The minimum atomic E-state index is -4.13. The summed E-state index contributed by atoms with van der Waals surface area (Å²) in [5.41, 5.74) is 0. The van der Waals surface area contributed by atoms with Crippen LogP contribution in [0.15, 0.2) is 0 Å². The summed E-state index contributed by atoms with van der Waals surface area (Å²) in [5.74, 6) is 0. The van der Waals surface area contributed by atoms with Gasteiger partial charge in [-0.15, -0.1) is 0 Å². The third kappa shape index (κ3) is 1.49. The van der Waals surface area contributed by atoms with Crippen molar-refractivity contribution >= 4 is 28.1 Å². The van der Waals surface area contributed by atoms with Gasteiger partial charge in [0, 0.05) is 0 Å². The van der Waals surface area contributed by atoms with E-state index in [1.165, 1.54) is 7.85 Å². The van der Waals surface area contributed by atoms with Crippen LogP contribution in [0.3, 0.4) is 0 Å². The van der Waals surface area contributed by atoms with Gasteiger partial charge in [-0.05, 0) is 13.8 Å². The average molecular weight is 228 g/mol. The minimum absolute atomic E-state index is 1.02. The van der Waals surface area contributed by atoms with Crippen LogP contribution in [0.25, 0.3) is 0 Å². The molecule has 0 atom stereocenters. The van der Waals surface area contributed by atoms with Crippen LogP contribution in [0, 0.1) is 0 Å². The van der Waals surface area contributed by atoms with Gasteiger partial charge in [0.05, 0.1) is 0 Å². The Labute approximate surface area is 77.9 Å². The second-order valence-corrected chi connectivity index (χ2v) is 7.57. The van der Waals surface area contributed by atoms with Crippen molar-refractivity contribution in [2.45, 2.75) is 24.1 Å². The van der Waals surface area contributed by atoms with Crippen molar-refractivity contribution in [2.75, 3.05) is 0 Å². The lowest BCUT2D eigenvalue weighted by Gasteiger charge is -2.31. The van der Waals surface area contributed by atoms with Crippen LogP contribution in [0.1, 0.15) is 13.8 Å². The third-order valence-electron chi connectivity index (χ3n) is 1.73. The molecule has 0 aliphatic carbocycles. The molecule has 0 aromatic heterocycles. The first kappa shape index (κ1) is 11.0. The summed E-state index contributed by atoms with van der Waals surface area (Å²) in [7, 11) is -7.06. The molecule has 0 saturated carbocycles. The summed E-state index contributed by atoms with van der Waals surface area (Å²) in [4.78, 5) is 0. The zero-order valence-electron chi connectivity index (χ0n) is 7.34. The average Bonchev–Trinajstić information content (AvgIpc) is 1.80. The molecule has 0 amide bonds. The van der Waals surface area contributed by atoms with E-state index in [-0.39, 0.29) is 0 Å². The number of rotatable bonds is 0. The Balaban J connectivity index is 3.37. The van der Waals surface area contributed by atoms with Gasteiger partial charge in [-0.25, -0.2) is 8.37 Å². The molecule has 0 bridgehead atoms. The highest BCUT2D eigenvalue weighted by atomic mass is 32.3. The summed E-state index contributed by atoms with van der Waals surface area (Å²) in [5, 5.41) is 0. The van der Waals surface area contributed by atoms with E-state index in [4.69, 9.17) is 0 Å². The predicted molar refractivity (Wildman–Crippen MR) is 46.4 cm³/mol. The Hall–Kier alpha value is -0.115. The molecule has 1 aliphatic rings. The van der Waals surface area contributed by atoms with Crippen LogP contribution in [-0.2, 0) is 28.6 Å². The maximum absolute atomic E-state index is 11.2. The third-order valence-corrected chi connectivity index (χ3v) is 6.41. The molecule has 0 aromatic rings. The molecular weight excluding hydrogens is 219 g/mol. The summed E-state index contributed by atoms with van der Waals surface area (Å²) < 4.78 is 51.7. The van der Waals surface area contributed by atoms with Crippen molar-refractivity contribution in [3.8, 4) is 0 Å². The lowest BCUT2D eigenvalue weighted by atomic mass is 10.2. The zero-order chi connectivity index (χ0) is 10.5. The summed E-state index contributed by atoms with van der Waals surface area (Å²) in [6.07, 6.45) is -1.29. The van der Waals surface area contributed by atoms with Crippen molar-refractivity contribution in [2.24, 2.45) is 0 Å². The Morgan fingerprint density at radius 2 is 1.38 bits per heavy atom. The molecule has 1 aliphatic heterocycles. The van der Waals surface area contributed by atoms with E-state index >= 15 is 0 Å². The molecule has 6 nitrogen and oxygen atoms in total. The fraction of sp³-hybridized carbons (Fsp3) is 1.00. The van der Waals surface area contributed by atoms with Crippen LogP contribution >= 0.6 is 0 Å². The van der Waals surface area contributed by atoms with E-state index < -0.39 is 30.5 Å². The van der Waals surface area contributed by atoms with Crippen LogP contribution < -0.4 is 0 Å². The molecule has 0 N–H and O–H groups in total. The van der Waals surface area contributed by atoms with Gasteiger partial charge in [0.25, 0.3) is 20.2 Å². The first-order chi connectivity index (χ1) is 5.60. The highest BCUT2D eigenvalue weighted by molar-refractivity contribution is 8.06.